The summed E-state index contributed by atoms with van der Waals surface area (Å²) in [7, 11) is 0. The molecule has 0 spiro atoms. The third kappa shape index (κ3) is 4.17. The van der Waals surface area contributed by atoms with Crippen LogP contribution in [0.1, 0.15) is 19.4 Å². The van der Waals surface area contributed by atoms with Crippen LogP contribution in [0.3, 0.4) is 0 Å². The number of benzene rings is 2. The molecule has 3 aromatic rings. The van der Waals surface area contributed by atoms with Gasteiger partial charge >= 0.3 is 0 Å². The quantitative estimate of drug-likeness (QED) is 0.688. The first kappa shape index (κ1) is 18.1. The van der Waals surface area contributed by atoms with Gasteiger partial charge in [-0.2, -0.15) is 4.98 Å². The third-order valence-electron chi connectivity index (χ3n) is 4.55. The Hall–Kier alpha value is -3.28. The van der Waals surface area contributed by atoms with Crippen molar-refractivity contribution in [2.24, 2.45) is 0 Å². The van der Waals surface area contributed by atoms with Gasteiger partial charge in [0.1, 0.15) is 19.0 Å². The summed E-state index contributed by atoms with van der Waals surface area (Å²) in [6.07, 6.45) is 1.78. The Balaban J connectivity index is 1.54. The summed E-state index contributed by atoms with van der Waals surface area (Å²) >= 11 is 0. The van der Waals surface area contributed by atoms with Crippen LogP contribution in [0.4, 0.5) is 17.5 Å². The SMILES string of the molecule is CC(C)N(Cc1ccccc1)c1ccnc(Nc2ccc3c(c2)OCCO3)n1. The number of hydrogen-bond acceptors (Lipinski definition) is 6. The van der Waals surface area contributed by atoms with Gasteiger partial charge in [0.2, 0.25) is 5.95 Å². The number of nitrogens with one attached hydrogen (secondary N) is 1. The fourth-order valence-electron chi connectivity index (χ4n) is 3.13. The highest BCUT2D eigenvalue weighted by Crippen LogP contribution is 2.33. The highest BCUT2D eigenvalue weighted by molar-refractivity contribution is 5.61. The molecule has 0 radical (unpaired) electrons. The highest BCUT2D eigenvalue weighted by Gasteiger charge is 2.15. The molecular weight excluding hydrogens is 352 g/mol. The van der Waals surface area contributed by atoms with Gasteiger partial charge in [-0.25, -0.2) is 4.98 Å². The highest BCUT2D eigenvalue weighted by atomic mass is 16.6. The fourth-order valence-corrected chi connectivity index (χ4v) is 3.13. The maximum atomic E-state index is 5.65. The van der Waals surface area contributed by atoms with Crippen LogP contribution in [0, 0.1) is 0 Å². The van der Waals surface area contributed by atoms with Gasteiger partial charge < -0.3 is 19.7 Å². The zero-order chi connectivity index (χ0) is 19.3. The molecule has 0 bridgehead atoms. The van der Waals surface area contributed by atoms with Crippen molar-refractivity contribution in [3.63, 3.8) is 0 Å². The molecule has 0 aliphatic carbocycles. The smallest absolute Gasteiger partial charge is 0.229 e. The van der Waals surface area contributed by atoms with E-state index in [4.69, 9.17) is 14.5 Å². The summed E-state index contributed by atoms with van der Waals surface area (Å²) in [6, 6.07) is 18.4. The Kier molecular flexibility index (Phi) is 5.28. The Morgan fingerprint density at radius 3 is 2.57 bits per heavy atom. The molecule has 144 valence electrons. The maximum Gasteiger partial charge on any atom is 0.229 e. The maximum absolute atomic E-state index is 5.65. The summed E-state index contributed by atoms with van der Waals surface area (Å²) in [4.78, 5) is 11.4. The Bertz CT molecular complexity index is 931. The van der Waals surface area contributed by atoms with E-state index in [1.165, 1.54) is 5.56 Å². The van der Waals surface area contributed by atoms with E-state index in [2.05, 4.69) is 53.3 Å². The van der Waals surface area contributed by atoms with E-state index in [0.717, 1.165) is 29.5 Å². The van der Waals surface area contributed by atoms with Gasteiger partial charge in [0.25, 0.3) is 0 Å². The number of ether oxygens (including phenoxy) is 2. The first-order valence-corrected chi connectivity index (χ1v) is 9.49. The molecular formula is C22H24N4O2. The number of aromatic nitrogens is 2. The lowest BCUT2D eigenvalue weighted by Crippen LogP contribution is -2.31. The van der Waals surface area contributed by atoms with Crippen LogP contribution in [0.25, 0.3) is 0 Å². The second kappa shape index (κ2) is 8.17. The van der Waals surface area contributed by atoms with Crippen molar-refractivity contribution < 1.29 is 9.47 Å². The molecule has 0 atom stereocenters. The minimum Gasteiger partial charge on any atom is -0.486 e. The third-order valence-corrected chi connectivity index (χ3v) is 4.55. The zero-order valence-electron chi connectivity index (χ0n) is 16.1. The number of nitrogens with zero attached hydrogens (tertiary/aromatic N) is 3. The fraction of sp³-hybridized carbons (Fsp3) is 0.273. The first-order chi connectivity index (χ1) is 13.7. The minimum absolute atomic E-state index is 0.303. The topological polar surface area (TPSA) is 59.5 Å². The number of anilines is 3. The molecule has 1 aliphatic rings. The van der Waals surface area contributed by atoms with Crippen molar-refractivity contribution >= 4 is 17.5 Å². The minimum atomic E-state index is 0.303. The van der Waals surface area contributed by atoms with E-state index in [1.54, 1.807) is 6.20 Å². The van der Waals surface area contributed by atoms with Gasteiger partial charge in [-0.3, -0.25) is 0 Å². The predicted molar refractivity (Wildman–Crippen MR) is 111 cm³/mol. The van der Waals surface area contributed by atoms with Crippen molar-refractivity contribution in [1.29, 1.82) is 0 Å². The molecule has 4 rings (SSSR count). The molecule has 0 unspecified atom stereocenters. The van der Waals surface area contributed by atoms with Gasteiger partial charge in [0.15, 0.2) is 11.5 Å². The van der Waals surface area contributed by atoms with E-state index >= 15 is 0 Å². The Morgan fingerprint density at radius 1 is 1.00 bits per heavy atom. The van der Waals surface area contributed by atoms with Gasteiger partial charge in [-0.15, -0.1) is 0 Å². The molecule has 2 heterocycles. The molecule has 6 nitrogen and oxygen atoms in total. The van der Waals surface area contributed by atoms with Crippen LogP contribution in [0.15, 0.2) is 60.8 Å². The standard InChI is InChI=1S/C22H24N4O2/c1-16(2)26(15-17-6-4-3-5-7-17)21-10-11-23-22(25-21)24-18-8-9-19-20(14-18)28-13-12-27-19/h3-11,14,16H,12-13,15H2,1-2H3,(H,23,24,25). The summed E-state index contributed by atoms with van der Waals surface area (Å²) in [5, 5.41) is 3.27. The molecule has 1 aromatic heterocycles. The van der Waals surface area contributed by atoms with Crippen molar-refractivity contribution in [2.45, 2.75) is 26.4 Å². The van der Waals surface area contributed by atoms with Crippen LogP contribution in [0.5, 0.6) is 11.5 Å². The molecule has 0 saturated heterocycles. The summed E-state index contributed by atoms with van der Waals surface area (Å²) in [5.41, 5.74) is 2.11. The van der Waals surface area contributed by atoms with Gasteiger partial charge in [0, 0.05) is 30.5 Å². The summed E-state index contributed by atoms with van der Waals surface area (Å²) in [5.74, 6) is 2.93. The summed E-state index contributed by atoms with van der Waals surface area (Å²) < 4.78 is 11.2. The molecule has 6 heteroatoms. The molecule has 0 amide bonds. The Labute approximate surface area is 165 Å². The molecule has 0 saturated carbocycles. The normalized spacial score (nSPS) is 12.7. The van der Waals surface area contributed by atoms with Gasteiger partial charge in [-0.05, 0) is 37.6 Å². The van der Waals surface area contributed by atoms with Crippen molar-refractivity contribution in [2.75, 3.05) is 23.4 Å². The van der Waals surface area contributed by atoms with Crippen LogP contribution in [-0.2, 0) is 6.54 Å². The van der Waals surface area contributed by atoms with E-state index < -0.39 is 0 Å². The predicted octanol–water partition coefficient (Wildman–Crippen LogP) is 4.41. The van der Waals surface area contributed by atoms with Gasteiger partial charge in [0.05, 0.1) is 0 Å². The van der Waals surface area contributed by atoms with Crippen molar-refractivity contribution in [1.82, 2.24) is 9.97 Å². The average molecular weight is 376 g/mol. The molecule has 1 N–H and O–H groups in total. The Morgan fingerprint density at radius 2 is 1.79 bits per heavy atom. The lowest BCUT2D eigenvalue weighted by Gasteiger charge is -2.28. The van der Waals surface area contributed by atoms with Crippen LogP contribution in [0.2, 0.25) is 0 Å². The first-order valence-electron chi connectivity index (χ1n) is 9.49. The van der Waals surface area contributed by atoms with Crippen molar-refractivity contribution in [3.8, 4) is 11.5 Å². The van der Waals surface area contributed by atoms with Crippen LogP contribution in [-0.4, -0.2) is 29.2 Å². The van der Waals surface area contributed by atoms with Crippen molar-refractivity contribution in [3.05, 3.63) is 66.4 Å². The second-order valence-corrected chi connectivity index (χ2v) is 6.93. The second-order valence-electron chi connectivity index (χ2n) is 6.93. The number of fused-ring (bicyclic) bond motifs is 1. The lowest BCUT2D eigenvalue weighted by atomic mass is 10.2. The van der Waals surface area contributed by atoms with E-state index in [9.17, 15) is 0 Å². The summed E-state index contributed by atoms with van der Waals surface area (Å²) in [6.45, 7) is 6.26. The van der Waals surface area contributed by atoms with Gasteiger partial charge in [-0.1, -0.05) is 30.3 Å². The average Bonchev–Trinajstić information content (AvgIpc) is 2.73. The van der Waals surface area contributed by atoms with E-state index in [1.807, 2.05) is 30.3 Å². The van der Waals surface area contributed by atoms with E-state index in [0.29, 0.717) is 25.2 Å². The largest absolute Gasteiger partial charge is 0.486 e. The lowest BCUT2D eigenvalue weighted by molar-refractivity contribution is 0.171. The monoisotopic (exact) mass is 376 g/mol. The zero-order valence-corrected chi connectivity index (χ0v) is 16.1. The molecule has 2 aromatic carbocycles. The number of rotatable bonds is 6. The molecule has 0 fully saturated rings. The van der Waals surface area contributed by atoms with Crippen LogP contribution < -0.4 is 19.7 Å². The molecule has 28 heavy (non-hydrogen) atoms. The molecule has 1 aliphatic heterocycles. The number of hydrogen-bond donors (Lipinski definition) is 1. The van der Waals surface area contributed by atoms with E-state index in [-0.39, 0.29) is 0 Å². The van der Waals surface area contributed by atoms with Crippen LogP contribution >= 0.6 is 0 Å².